The molecular formula is C11H10N2O2S. The molecule has 16 heavy (non-hydrogen) atoms. The Bertz CT molecular complexity index is 549. The number of hydrogen-bond donors (Lipinski definition) is 2. The van der Waals surface area contributed by atoms with Gasteiger partial charge in [0.05, 0.1) is 5.56 Å². The number of rotatable bonds is 2. The highest BCUT2D eigenvalue weighted by Crippen LogP contribution is 2.30. The Morgan fingerprint density at radius 1 is 1.50 bits per heavy atom. The van der Waals surface area contributed by atoms with Crippen molar-refractivity contribution in [2.45, 2.75) is 6.92 Å². The maximum atomic E-state index is 11.1. The van der Waals surface area contributed by atoms with E-state index in [2.05, 4.69) is 4.98 Å². The van der Waals surface area contributed by atoms with Crippen molar-refractivity contribution in [3.63, 3.8) is 0 Å². The number of nitrogens with two attached hydrogens (primary N) is 1. The zero-order chi connectivity index (χ0) is 11.7. The lowest BCUT2D eigenvalue weighted by atomic mass is 10.1. The van der Waals surface area contributed by atoms with E-state index in [1.54, 1.807) is 18.2 Å². The molecule has 0 unspecified atom stereocenters. The number of nitrogens with zero attached hydrogens (tertiary/aromatic N) is 1. The van der Waals surface area contributed by atoms with Gasteiger partial charge in [-0.05, 0) is 13.0 Å². The molecule has 0 atom stereocenters. The summed E-state index contributed by atoms with van der Waals surface area (Å²) in [7, 11) is 0. The van der Waals surface area contributed by atoms with Gasteiger partial charge in [-0.25, -0.2) is 9.78 Å². The summed E-state index contributed by atoms with van der Waals surface area (Å²) in [5.41, 5.74) is 7.49. The minimum atomic E-state index is -1.03. The maximum absolute atomic E-state index is 11.1. The smallest absolute Gasteiger partial charge is 0.338 e. The molecule has 0 amide bonds. The normalized spacial score (nSPS) is 10.3. The summed E-state index contributed by atoms with van der Waals surface area (Å²) in [6, 6.07) is 5.03. The number of benzene rings is 1. The van der Waals surface area contributed by atoms with Crippen molar-refractivity contribution < 1.29 is 9.90 Å². The number of aromatic nitrogens is 1. The predicted molar refractivity (Wildman–Crippen MR) is 63.7 cm³/mol. The van der Waals surface area contributed by atoms with E-state index in [1.165, 1.54) is 11.3 Å². The minimum Gasteiger partial charge on any atom is -0.478 e. The fourth-order valence-corrected chi connectivity index (χ4v) is 2.29. The number of nitrogen functional groups attached to an aromatic ring is 1. The minimum absolute atomic E-state index is 0.122. The van der Waals surface area contributed by atoms with Gasteiger partial charge in [-0.1, -0.05) is 12.1 Å². The van der Waals surface area contributed by atoms with Crippen LogP contribution in [-0.2, 0) is 0 Å². The van der Waals surface area contributed by atoms with E-state index >= 15 is 0 Å². The molecule has 0 spiro atoms. The van der Waals surface area contributed by atoms with E-state index in [-0.39, 0.29) is 11.3 Å². The Hall–Kier alpha value is -1.88. The summed E-state index contributed by atoms with van der Waals surface area (Å²) in [6.45, 7) is 1.87. The van der Waals surface area contributed by atoms with Crippen LogP contribution >= 0.6 is 11.3 Å². The number of hydrogen-bond acceptors (Lipinski definition) is 4. The van der Waals surface area contributed by atoms with Crippen molar-refractivity contribution in [3.8, 4) is 10.6 Å². The van der Waals surface area contributed by atoms with E-state index in [0.717, 1.165) is 5.69 Å². The van der Waals surface area contributed by atoms with Crippen LogP contribution in [0.5, 0.6) is 0 Å². The predicted octanol–water partition coefficient (Wildman–Crippen LogP) is 2.40. The Kier molecular flexibility index (Phi) is 2.62. The van der Waals surface area contributed by atoms with Gasteiger partial charge in [-0.3, -0.25) is 0 Å². The first kappa shape index (κ1) is 10.6. The molecule has 1 aromatic heterocycles. The van der Waals surface area contributed by atoms with Crippen LogP contribution in [0.15, 0.2) is 23.6 Å². The van der Waals surface area contributed by atoms with Gasteiger partial charge < -0.3 is 10.8 Å². The third-order valence-corrected chi connectivity index (χ3v) is 3.15. The average molecular weight is 234 g/mol. The van der Waals surface area contributed by atoms with Crippen molar-refractivity contribution in [1.82, 2.24) is 4.98 Å². The monoisotopic (exact) mass is 234 g/mol. The molecule has 5 heteroatoms. The van der Waals surface area contributed by atoms with Crippen molar-refractivity contribution in [3.05, 3.63) is 34.8 Å². The van der Waals surface area contributed by atoms with Crippen molar-refractivity contribution in [2.75, 3.05) is 5.73 Å². The number of carbonyl (C=O) groups is 1. The van der Waals surface area contributed by atoms with Gasteiger partial charge >= 0.3 is 5.97 Å². The third-order valence-electron chi connectivity index (χ3n) is 2.16. The second-order valence-electron chi connectivity index (χ2n) is 3.37. The van der Waals surface area contributed by atoms with Gasteiger partial charge in [0.25, 0.3) is 0 Å². The first-order chi connectivity index (χ1) is 7.59. The molecule has 0 bridgehead atoms. The number of carboxylic acid groups (broad SMARTS) is 1. The lowest BCUT2D eigenvalue weighted by Gasteiger charge is -2.05. The number of anilines is 1. The average Bonchev–Trinajstić information content (AvgIpc) is 2.63. The standard InChI is InChI=1S/C11H10N2O2S/c1-6-5-16-10(13-6)7-3-2-4-8(12)9(7)11(14)15/h2-5H,12H2,1H3,(H,14,15). The number of thiazole rings is 1. The summed E-state index contributed by atoms with van der Waals surface area (Å²) in [6.07, 6.45) is 0. The Labute approximate surface area is 96.4 Å². The third kappa shape index (κ3) is 1.77. The van der Waals surface area contributed by atoms with Gasteiger partial charge in [0.2, 0.25) is 0 Å². The van der Waals surface area contributed by atoms with Gasteiger partial charge in [0, 0.05) is 22.3 Å². The highest BCUT2D eigenvalue weighted by Gasteiger charge is 2.16. The van der Waals surface area contributed by atoms with Crippen LogP contribution < -0.4 is 5.73 Å². The van der Waals surface area contributed by atoms with Crippen LogP contribution in [0.2, 0.25) is 0 Å². The lowest BCUT2D eigenvalue weighted by Crippen LogP contribution is -2.04. The SMILES string of the molecule is Cc1csc(-c2cccc(N)c2C(=O)O)n1. The highest BCUT2D eigenvalue weighted by molar-refractivity contribution is 7.13. The highest BCUT2D eigenvalue weighted by atomic mass is 32.1. The Morgan fingerprint density at radius 2 is 2.25 bits per heavy atom. The molecular weight excluding hydrogens is 224 g/mol. The summed E-state index contributed by atoms with van der Waals surface area (Å²) in [4.78, 5) is 15.4. The van der Waals surface area contributed by atoms with E-state index in [4.69, 9.17) is 10.8 Å². The van der Waals surface area contributed by atoms with Crippen molar-refractivity contribution in [1.29, 1.82) is 0 Å². The van der Waals surface area contributed by atoms with Crippen LogP contribution in [0, 0.1) is 6.92 Å². The molecule has 82 valence electrons. The van der Waals surface area contributed by atoms with E-state index < -0.39 is 5.97 Å². The van der Waals surface area contributed by atoms with Crippen LogP contribution in [0.3, 0.4) is 0 Å². The Morgan fingerprint density at radius 3 is 2.81 bits per heavy atom. The van der Waals surface area contributed by atoms with Crippen LogP contribution in [0.4, 0.5) is 5.69 Å². The van der Waals surface area contributed by atoms with Gasteiger partial charge in [-0.2, -0.15) is 0 Å². The summed E-state index contributed by atoms with van der Waals surface area (Å²) in [5.74, 6) is -1.03. The molecule has 0 fully saturated rings. The van der Waals surface area contributed by atoms with Gasteiger partial charge in [0.1, 0.15) is 5.01 Å². The maximum Gasteiger partial charge on any atom is 0.338 e. The topological polar surface area (TPSA) is 76.2 Å². The van der Waals surface area contributed by atoms with Crippen LogP contribution in [-0.4, -0.2) is 16.1 Å². The molecule has 1 heterocycles. The molecule has 1 aromatic carbocycles. The number of carboxylic acids is 1. The molecule has 3 N–H and O–H groups in total. The summed E-state index contributed by atoms with van der Waals surface area (Å²) < 4.78 is 0. The largest absolute Gasteiger partial charge is 0.478 e. The van der Waals surface area contributed by atoms with Gasteiger partial charge in [-0.15, -0.1) is 11.3 Å². The van der Waals surface area contributed by atoms with E-state index in [1.807, 2.05) is 12.3 Å². The molecule has 4 nitrogen and oxygen atoms in total. The molecule has 0 aliphatic rings. The van der Waals surface area contributed by atoms with Gasteiger partial charge in [0.15, 0.2) is 0 Å². The molecule has 0 radical (unpaired) electrons. The quantitative estimate of drug-likeness (QED) is 0.782. The molecule has 0 aliphatic heterocycles. The zero-order valence-corrected chi connectivity index (χ0v) is 9.41. The van der Waals surface area contributed by atoms with E-state index in [9.17, 15) is 4.79 Å². The summed E-state index contributed by atoms with van der Waals surface area (Å²) >= 11 is 1.41. The Balaban J connectivity index is 2.65. The van der Waals surface area contributed by atoms with E-state index in [0.29, 0.717) is 10.6 Å². The number of aryl methyl sites for hydroxylation is 1. The molecule has 2 rings (SSSR count). The summed E-state index contributed by atoms with van der Waals surface area (Å²) in [5, 5.41) is 11.7. The van der Waals surface area contributed by atoms with Crippen molar-refractivity contribution >= 4 is 23.0 Å². The second-order valence-corrected chi connectivity index (χ2v) is 4.23. The van der Waals surface area contributed by atoms with Crippen LogP contribution in [0.25, 0.3) is 10.6 Å². The number of aromatic carboxylic acids is 1. The fraction of sp³-hybridized carbons (Fsp3) is 0.0909. The van der Waals surface area contributed by atoms with Crippen LogP contribution in [0.1, 0.15) is 16.1 Å². The molecule has 2 aromatic rings. The first-order valence-electron chi connectivity index (χ1n) is 4.64. The van der Waals surface area contributed by atoms with Crippen molar-refractivity contribution in [2.24, 2.45) is 0 Å². The lowest BCUT2D eigenvalue weighted by molar-refractivity contribution is 0.0699. The first-order valence-corrected chi connectivity index (χ1v) is 5.52. The second kappa shape index (κ2) is 3.94. The zero-order valence-electron chi connectivity index (χ0n) is 8.60. The fourth-order valence-electron chi connectivity index (χ4n) is 1.46. The molecule has 0 saturated heterocycles. The molecule has 0 saturated carbocycles. The molecule has 0 aliphatic carbocycles.